The molecule has 0 radical (unpaired) electrons. The van der Waals surface area contributed by atoms with Gasteiger partial charge in [0, 0.05) is 17.3 Å². The Kier molecular flexibility index (Phi) is 7.28. The van der Waals surface area contributed by atoms with E-state index in [1.165, 1.54) is 16.5 Å². The smallest absolute Gasteiger partial charge is 0.293 e. The van der Waals surface area contributed by atoms with Crippen LogP contribution < -0.4 is 20.8 Å². The molecular formula is C28H24ClN9O3. The van der Waals surface area contributed by atoms with Crippen LogP contribution in [0.5, 0.6) is 5.75 Å². The number of aromatic nitrogens is 5. The number of nitrogens with one attached hydrogen (secondary N) is 1. The predicted octanol–water partition coefficient (Wildman–Crippen LogP) is 3.79. The van der Waals surface area contributed by atoms with Gasteiger partial charge in [-0.1, -0.05) is 59.3 Å². The van der Waals surface area contributed by atoms with E-state index in [-0.39, 0.29) is 17.3 Å². The third-order valence-electron chi connectivity index (χ3n) is 6.53. The zero-order valence-electron chi connectivity index (χ0n) is 21.6. The van der Waals surface area contributed by atoms with Gasteiger partial charge in [-0.25, -0.2) is 10.1 Å². The Labute approximate surface area is 239 Å². The normalized spacial score (nSPS) is 12.6. The Bertz CT molecular complexity index is 1730. The number of benzene rings is 3. The summed E-state index contributed by atoms with van der Waals surface area (Å²) in [5.74, 6) is 0.283. The molecule has 0 saturated heterocycles. The van der Waals surface area contributed by atoms with Crippen LogP contribution in [-0.4, -0.2) is 44.0 Å². The van der Waals surface area contributed by atoms with Gasteiger partial charge in [-0.15, -0.1) is 5.10 Å². The average Bonchev–Trinajstić information content (AvgIpc) is 3.71. The zero-order chi connectivity index (χ0) is 28.2. The molecule has 0 bridgehead atoms. The number of nitrogens with two attached hydrogens (primary N) is 1. The van der Waals surface area contributed by atoms with Gasteiger partial charge in [0.1, 0.15) is 12.4 Å². The van der Waals surface area contributed by atoms with Crippen LogP contribution >= 0.6 is 11.6 Å². The van der Waals surface area contributed by atoms with E-state index in [4.69, 9.17) is 26.7 Å². The fourth-order valence-electron chi connectivity index (χ4n) is 4.58. The van der Waals surface area contributed by atoms with Crippen LogP contribution in [0.15, 0.2) is 82.5 Å². The number of rotatable bonds is 9. The molecule has 1 aliphatic rings. The number of nitrogen functional groups attached to an aromatic ring is 1. The second kappa shape index (κ2) is 11.5. The number of halogens is 1. The van der Waals surface area contributed by atoms with Gasteiger partial charge < -0.3 is 15.4 Å². The maximum atomic E-state index is 13.2. The fraction of sp³-hybridized carbons (Fsp3) is 0.143. The number of amides is 1. The molecule has 0 atom stereocenters. The molecule has 3 heterocycles. The van der Waals surface area contributed by atoms with Gasteiger partial charge in [0.25, 0.3) is 5.91 Å². The zero-order valence-corrected chi connectivity index (χ0v) is 22.4. The largest absolute Gasteiger partial charge is 0.489 e. The summed E-state index contributed by atoms with van der Waals surface area (Å²) < 4.78 is 12.0. The number of para-hydroxylation sites is 1. The van der Waals surface area contributed by atoms with E-state index in [1.54, 1.807) is 0 Å². The average molecular weight is 570 g/mol. The molecule has 3 aromatic carbocycles. The molecule has 5 aromatic rings. The minimum absolute atomic E-state index is 0.0282. The summed E-state index contributed by atoms with van der Waals surface area (Å²) in [7, 11) is 0. The van der Waals surface area contributed by atoms with Crippen LogP contribution in [0.25, 0.3) is 5.82 Å². The van der Waals surface area contributed by atoms with Crippen LogP contribution in [0, 0.1) is 0 Å². The molecule has 12 nitrogen and oxygen atoms in total. The molecule has 2 aromatic heterocycles. The standard InChI is InChI=1S/C28H24ClN9O3/c29-21-8-3-6-19(13-21)17-40-22-9-4-5-18(14-22)15-31-33-28(39)25-24(38(36-32-25)27-26(30)34-41-35-27)16-37-12-11-20-7-1-2-10-23(20)37/h1-10,13-15H,11-12,16-17H2,(H2,30,34)(H,33,39)/b31-15+. The van der Waals surface area contributed by atoms with E-state index in [0.29, 0.717) is 29.6 Å². The summed E-state index contributed by atoms with van der Waals surface area (Å²) in [6.45, 7) is 1.46. The van der Waals surface area contributed by atoms with Gasteiger partial charge in [-0.05, 0) is 63.8 Å². The van der Waals surface area contributed by atoms with E-state index in [0.717, 1.165) is 29.8 Å². The van der Waals surface area contributed by atoms with Crippen molar-refractivity contribution in [1.82, 2.24) is 30.7 Å². The van der Waals surface area contributed by atoms with E-state index >= 15 is 0 Å². The Morgan fingerprint density at radius 1 is 1.12 bits per heavy atom. The van der Waals surface area contributed by atoms with Crippen molar-refractivity contribution in [2.75, 3.05) is 17.2 Å². The predicted molar refractivity (Wildman–Crippen MR) is 152 cm³/mol. The van der Waals surface area contributed by atoms with Gasteiger partial charge >= 0.3 is 0 Å². The highest BCUT2D eigenvalue weighted by molar-refractivity contribution is 6.30. The topological polar surface area (TPSA) is 150 Å². The first-order chi connectivity index (χ1) is 20.0. The molecular weight excluding hydrogens is 546 g/mol. The fourth-order valence-corrected chi connectivity index (χ4v) is 4.79. The first-order valence-corrected chi connectivity index (χ1v) is 13.1. The van der Waals surface area contributed by atoms with Crippen LogP contribution in [0.3, 0.4) is 0 Å². The highest BCUT2D eigenvalue weighted by Gasteiger charge is 2.28. The van der Waals surface area contributed by atoms with Crippen molar-refractivity contribution in [2.24, 2.45) is 5.10 Å². The third-order valence-corrected chi connectivity index (χ3v) is 6.77. The third kappa shape index (κ3) is 5.72. The molecule has 1 amide bonds. The van der Waals surface area contributed by atoms with Gasteiger partial charge in [0.2, 0.25) is 11.6 Å². The second-order valence-corrected chi connectivity index (χ2v) is 9.70. The van der Waals surface area contributed by atoms with E-state index in [1.807, 2.05) is 66.7 Å². The van der Waals surface area contributed by atoms with Crippen LogP contribution in [0.4, 0.5) is 11.5 Å². The molecule has 0 unspecified atom stereocenters. The van der Waals surface area contributed by atoms with Crippen LogP contribution in [0.1, 0.15) is 32.9 Å². The van der Waals surface area contributed by atoms with Crippen molar-refractivity contribution >= 4 is 35.2 Å². The summed E-state index contributed by atoms with van der Waals surface area (Å²) in [6, 6.07) is 22.9. The number of hydrogen-bond donors (Lipinski definition) is 2. The Morgan fingerprint density at radius 2 is 2.00 bits per heavy atom. The van der Waals surface area contributed by atoms with Gasteiger partial charge in [-0.2, -0.15) is 9.78 Å². The number of carbonyl (C=O) groups is 1. The number of carbonyl (C=O) groups excluding carboxylic acids is 1. The number of nitrogens with zero attached hydrogens (tertiary/aromatic N) is 7. The van der Waals surface area contributed by atoms with Crippen molar-refractivity contribution in [3.8, 4) is 11.6 Å². The Morgan fingerprint density at radius 3 is 2.85 bits per heavy atom. The lowest BCUT2D eigenvalue weighted by Gasteiger charge is -2.19. The van der Waals surface area contributed by atoms with E-state index < -0.39 is 5.91 Å². The lowest BCUT2D eigenvalue weighted by molar-refractivity contribution is 0.0949. The first-order valence-electron chi connectivity index (χ1n) is 12.7. The van der Waals surface area contributed by atoms with Crippen molar-refractivity contribution in [2.45, 2.75) is 19.6 Å². The Balaban J connectivity index is 1.18. The molecule has 41 heavy (non-hydrogen) atoms. The minimum atomic E-state index is -0.543. The Hall–Kier alpha value is -5.23. The highest BCUT2D eigenvalue weighted by Crippen LogP contribution is 2.30. The monoisotopic (exact) mass is 569 g/mol. The number of ether oxygens (including phenoxy) is 1. The SMILES string of the molecule is Nc1nonc1-n1nnc(C(=O)N/N=C/c2cccc(OCc3cccc(Cl)c3)c2)c1CN1CCc2ccccc21. The number of fused-ring (bicyclic) bond motifs is 1. The molecule has 13 heteroatoms. The maximum absolute atomic E-state index is 13.2. The molecule has 0 spiro atoms. The molecule has 1 aliphatic heterocycles. The molecule has 0 saturated carbocycles. The molecule has 3 N–H and O–H groups in total. The number of hydrazone groups is 1. The van der Waals surface area contributed by atoms with Gasteiger partial charge in [0.15, 0.2) is 5.69 Å². The molecule has 206 valence electrons. The first kappa shape index (κ1) is 26.0. The molecule has 6 rings (SSSR count). The summed E-state index contributed by atoms with van der Waals surface area (Å²) in [5, 5.41) is 20.5. The summed E-state index contributed by atoms with van der Waals surface area (Å²) in [6.07, 6.45) is 2.41. The second-order valence-electron chi connectivity index (χ2n) is 9.26. The number of hydrogen-bond acceptors (Lipinski definition) is 10. The van der Waals surface area contributed by atoms with Crippen LogP contribution in [-0.2, 0) is 19.6 Å². The van der Waals surface area contributed by atoms with Crippen molar-refractivity contribution < 1.29 is 14.2 Å². The summed E-state index contributed by atoms with van der Waals surface area (Å²) in [4.78, 5) is 15.4. The lowest BCUT2D eigenvalue weighted by atomic mass is 10.2. The maximum Gasteiger partial charge on any atom is 0.293 e. The van der Waals surface area contributed by atoms with E-state index in [2.05, 4.69) is 42.1 Å². The number of anilines is 2. The minimum Gasteiger partial charge on any atom is -0.489 e. The van der Waals surface area contributed by atoms with Crippen molar-refractivity contribution in [3.05, 3.63) is 106 Å². The van der Waals surface area contributed by atoms with Crippen molar-refractivity contribution in [3.63, 3.8) is 0 Å². The quantitative estimate of drug-likeness (QED) is 0.200. The van der Waals surface area contributed by atoms with Gasteiger partial charge in [0.05, 0.1) is 18.5 Å². The van der Waals surface area contributed by atoms with Gasteiger partial charge in [-0.3, -0.25) is 4.79 Å². The lowest BCUT2D eigenvalue weighted by Crippen LogP contribution is -2.26. The molecule has 0 aliphatic carbocycles. The van der Waals surface area contributed by atoms with Crippen LogP contribution in [0.2, 0.25) is 5.02 Å². The highest BCUT2D eigenvalue weighted by atomic mass is 35.5. The summed E-state index contributed by atoms with van der Waals surface area (Å²) in [5.41, 5.74) is 13.0. The summed E-state index contributed by atoms with van der Waals surface area (Å²) >= 11 is 6.05. The van der Waals surface area contributed by atoms with E-state index in [9.17, 15) is 4.79 Å². The van der Waals surface area contributed by atoms with Crippen molar-refractivity contribution in [1.29, 1.82) is 0 Å². The molecule has 0 fully saturated rings.